The molecular weight excluding hydrogens is 278 g/mol. The highest BCUT2D eigenvalue weighted by Crippen LogP contribution is 2.36. The average Bonchev–Trinajstić information content (AvgIpc) is 2.52. The lowest BCUT2D eigenvalue weighted by Crippen LogP contribution is -2.46. The van der Waals surface area contributed by atoms with Crippen molar-refractivity contribution in [2.75, 3.05) is 0 Å². The first-order valence-electron chi connectivity index (χ1n) is 7.68. The van der Waals surface area contributed by atoms with Crippen LogP contribution in [0.5, 0.6) is 0 Å². The predicted octanol–water partition coefficient (Wildman–Crippen LogP) is 4.97. The molecule has 2 aromatic rings. The van der Waals surface area contributed by atoms with Gasteiger partial charge in [0.1, 0.15) is 0 Å². The van der Waals surface area contributed by atoms with E-state index in [1.165, 1.54) is 5.56 Å². The Labute approximate surface area is 133 Å². The van der Waals surface area contributed by atoms with Crippen LogP contribution in [0.15, 0.2) is 54.6 Å². The fourth-order valence-corrected chi connectivity index (χ4v) is 3.48. The smallest absolute Gasteiger partial charge is 0.0438 e. The first-order chi connectivity index (χ1) is 10.1. The minimum absolute atomic E-state index is 0.000427. The number of hydrogen-bond donors (Lipinski definition) is 1. The number of rotatable bonds is 6. The molecule has 0 aliphatic carbocycles. The predicted molar refractivity (Wildman–Crippen MR) is 91.8 cm³/mol. The molecule has 0 bridgehead atoms. The van der Waals surface area contributed by atoms with Crippen LogP contribution in [0.3, 0.4) is 0 Å². The SMILES string of the molecule is CCC(CC)(c1ccccc1)C(N)Cc1ccccc1Cl. The molecule has 0 heterocycles. The van der Waals surface area contributed by atoms with Crippen LogP contribution < -0.4 is 5.73 Å². The molecule has 2 heteroatoms. The van der Waals surface area contributed by atoms with Crippen LogP contribution in [-0.2, 0) is 11.8 Å². The van der Waals surface area contributed by atoms with Crippen molar-refractivity contribution in [2.45, 2.75) is 44.6 Å². The van der Waals surface area contributed by atoms with Gasteiger partial charge in [-0.15, -0.1) is 0 Å². The molecular formula is C19H24ClN. The Morgan fingerprint density at radius 1 is 0.952 bits per heavy atom. The van der Waals surface area contributed by atoms with Crippen LogP contribution in [0.2, 0.25) is 5.02 Å². The van der Waals surface area contributed by atoms with E-state index in [1.54, 1.807) is 0 Å². The fourth-order valence-electron chi connectivity index (χ4n) is 3.26. The molecule has 2 aromatic carbocycles. The molecule has 0 aromatic heterocycles. The molecule has 112 valence electrons. The first-order valence-corrected chi connectivity index (χ1v) is 8.06. The lowest BCUT2D eigenvalue weighted by atomic mass is 9.69. The van der Waals surface area contributed by atoms with Crippen molar-refractivity contribution in [1.29, 1.82) is 0 Å². The number of benzene rings is 2. The monoisotopic (exact) mass is 301 g/mol. The van der Waals surface area contributed by atoms with Crippen molar-refractivity contribution in [3.8, 4) is 0 Å². The molecule has 1 nitrogen and oxygen atoms in total. The summed E-state index contributed by atoms with van der Waals surface area (Å²) < 4.78 is 0. The lowest BCUT2D eigenvalue weighted by molar-refractivity contribution is 0.315. The summed E-state index contributed by atoms with van der Waals surface area (Å²) in [4.78, 5) is 0. The van der Waals surface area contributed by atoms with Crippen molar-refractivity contribution in [2.24, 2.45) is 5.73 Å². The van der Waals surface area contributed by atoms with Gasteiger partial charge in [0, 0.05) is 16.5 Å². The summed E-state index contributed by atoms with van der Waals surface area (Å²) >= 11 is 6.30. The van der Waals surface area contributed by atoms with Crippen LogP contribution in [0.1, 0.15) is 37.8 Å². The van der Waals surface area contributed by atoms with Crippen molar-refractivity contribution in [1.82, 2.24) is 0 Å². The third-order valence-electron chi connectivity index (χ3n) is 4.72. The van der Waals surface area contributed by atoms with E-state index >= 15 is 0 Å². The van der Waals surface area contributed by atoms with Crippen LogP contribution >= 0.6 is 11.6 Å². The molecule has 0 aliphatic rings. The van der Waals surface area contributed by atoms with Crippen molar-refractivity contribution < 1.29 is 0 Å². The minimum Gasteiger partial charge on any atom is -0.327 e. The Hall–Kier alpha value is -1.31. The highest BCUT2D eigenvalue weighted by Gasteiger charge is 2.35. The lowest BCUT2D eigenvalue weighted by Gasteiger charge is -2.38. The molecule has 0 saturated carbocycles. The van der Waals surface area contributed by atoms with Gasteiger partial charge in [-0.1, -0.05) is 74.0 Å². The summed E-state index contributed by atoms with van der Waals surface area (Å²) in [6.45, 7) is 4.45. The quantitative estimate of drug-likeness (QED) is 0.801. The zero-order chi connectivity index (χ0) is 15.3. The minimum atomic E-state index is 0.000427. The molecule has 0 radical (unpaired) electrons. The summed E-state index contributed by atoms with van der Waals surface area (Å²) in [5.74, 6) is 0. The molecule has 0 fully saturated rings. The molecule has 1 atom stereocenters. The molecule has 21 heavy (non-hydrogen) atoms. The van der Waals surface area contributed by atoms with Gasteiger partial charge in [0.15, 0.2) is 0 Å². The highest BCUT2D eigenvalue weighted by molar-refractivity contribution is 6.31. The summed E-state index contributed by atoms with van der Waals surface area (Å²) in [6, 6.07) is 18.7. The van der Waals surface area contributed by atoms with Crippen LogP contribution in [0, 0.1) is 0 Å². The van der Waals surface area contributed by atoms with Gasteiger partial charge in [-0.05, 0) is 36.5 Å². The molecule has 2 N–H and O–H groups in total. The molecule has 0 amide bonds. The van der Waals surface area contributed by atoms with Crippen molar-refractivity contribution in [3.63, 3.8) is 0 Å². The summed E-state index contributed by atoms with van der Waals surface area (Å²) in [5, 5.41) is 0.808. The van der Waals surface area contributed by atoms with Gasteiger partial charge in [0.2, 0.25) is 0 Å². The normalized spacial score (nSPS) is 13.1. The highest BCUT2D eigenvalue weighted by atomic mass is 35.5. The van der Waals surface area contributed by atoms with Crippen LogP contribution in [-0.4, -0.2) is 6.04 Å². The molecule has 0 aliphatic heterocycles. The van der Waals surface area contributed by atoms with Gasteiger partial charge in [0.25, 0.3) is 0 Å². The summed E-state index contributed by atoms with van der Waals surface area (Å²) in [6.07, 6.45) is 2.86. The second-order valence-corrected chi connectivity index (χ2v) is 6.04. The summed E-state index contributed by atoms with van der Waals surface area (Å²) in [5.41, 5.74) is 9.11. The number of hydrogen-bond acceptors (Lipinski definition) is 1. The fraction of sp³-hybridized carbons (Fsp3) is 0.368. The van der Waals surface area contributed by atoms with E-state index in [-0.39, 0.29) is 11.5 Å². The Morgan fingerprint density at radius 3 is 2.10 bits per heavy atom. The average molecular weight is 302 g/mol. The molecule has 0 saturated heterocycles. The zero-order valence-corrected chi connectivity index (χ0v) is 13.6. The first kappa shape index (κ1) is 16.1. The largest absolute Gasteiger partial charge is 0.327 e. The van der Waals surface area contributed by atoms with Gasteiger partial charge in [0.05, 0.1) is 0 Å². The van der Waals surface area contributed by atoms with Gasteiger partial charge < -0.3 is 5.73 Å². The van der Waals surface area contributed by atoms with Gasteiger partial charge in [-0.25, -0.2) is 0 Å². The van der Waals surface area contributed by atoms with E-state index in [1.807, 2.05) is 18.2 Å². The van der Waals surface area contributed by atoms with E-state index in [0.717, 1.165) is 29.8 Å². The molecule has 1 unspecified atom stereocenters. The summed E-state index contributed by atoms with van der Waals surface area (Å²) in [7, 11) is 0. The van der Waals surface area contributed by atoms with Gasteiger partial charge in [-0.2, -0.15) is 0 Å². The second kappa shape index (κ2) is 7.11. The topological polar surface area (TPSA) is 26.0 Å². The molecule has 0 spiro atoms. The number of halogens is 1. The van der Waals surface area contributed by atoms with Gasteiger partial charge >= 0.3 is 0 Å². The maximum absolute atomic E-state index is 6.65. The zero-order valence-electron chi connectivity index (χ0n) is 12.9. The Bertz CT molecular complexity index is 561. The maximum Gasteiger partial charge on any atom is 0.0438 e. The standard InChI is InChI=1S/C19H24ClN/c1-3-19(4-2,16-11-6-5-7-12-16)18(21)14-15-10-8-9-13-17(15)20/h5-13,18H,3-4,14,21H2,1-2H3. The molecule has 2 rings (SSSR count). The Morgan fingerprint density at radius 2 is 1.52 bits per heavy atom. The van der Waals surface area contributed by atoms with Gasteiger partial charge in [-0.3, -0.25) is 0 Å². The van der Waals surface area contributed by atoms with Crippen LogP contribution in [0.4, 0.5) is 0 Å². The van der Waals surface area contributed by atoms with E-state index in [0.29, 0.717) is 0 Å². The van der Waals surface area contributed by atoms with E-state index in [2.05, 4.69) is 50.2 Å². The third kappa shape index (κ3) is 3.30. The van der Waals surface area contributed by atoms with Crippen molar-refractivity contribution in [3.05, 3.63) is 70.7 Å². The van der Waals surface area contributed by atoms with Crippen LogP contribution in [0.25, 0.3) is 0 Å². The van der Waals surface area contributed by atoms with Crippen molar-refractivity contribution >= 4 is 11.6 Å². The third-order valence-corrected chi connectivity index (χ3v) is 5.09. The van der Waals surface area contributed by atoms with E-state index in [4.69, 9.17) is 17.3 Å². The Kier molecular flexibility index (Phi) is 5.44. The second-order valence-electron chi connectivity index (χ2n) is 5.63. The Balaban J connectivity index is 2.32. The number of nitrogens with two attached hydrogens (primary N) is 1. The van der Waals surface area contributed by atoms with E-state index in [9.17, 15) is 0 Å². The maximum atomic E-state index is 6.65. The van der Waals surface area contributed by atoms with E-state index < -0.39 is 0 Å².